The quantitative estimate of drug-likeness (QED) is 0.820. The van der Waals surface area contributed by atoms with Gasteiger partial charge in [-0.3, -0.25) is 4.98 Å². The summed E-state index contributed by atoms with van der Waals surface area (Å²) in [5, 5.41) is 9.08. The normalized spacial score (nSPS) is 9.93. The highest BCUT2D eigenvalue weighted by Gasteiger charge is 1.98. The molecule has 0 atom stereocenters. The molecule has 15 heavy (non-hydrogen) atoms. The van der Waals surface area contributed by atoms with Crippen molar-refractivity contribution in [1.82, 2.24) is 15.0 Å². The lowest BCUT2D eigenvalue weighted by molar-refractivity contribution is 1.06. The molecule has 0 aliphatic carbocycles. The summed E-state index contributed by atoms with van der Waals surface area (Å²) >= 11 is 1.61. The Bertz CT molecular complexity index is 414. The summed E-state index contributed by atoms with van der Waals surface area (Å²) in [7, 11) is 1.81. The average Bonchev–Trinajstić information content (AvgIpc) is 2.79. The predicted molar refractivity (Wildman–Crippen MR) is 61.0 cm³/mol. The van der Waals surface area contributed by atoms with E-state index in [4.69, 9.17) is 0 Å². The van der Waals surface area contributed by atoms with Gasteiger partial charge >= 0.3 is 0 Å². The fraction of sp³-hybridized carbons (Fsp3) is 0.222. The van der Waals surface area contributed by atoms with E-state index in [0.29, 0.717) is 6.54 Å². The van der Waals surface area contributed by atoms with E-state index in [0.717, 1.165) is 16.6 Å². The molecule has 0 aliphatic rings. The number of anilines is 2. The molecule has 2 heterocycles. The summed E-state index contributed by atoms with van der Waals surface area (Å²) in [6, 6.07) is 0. The lowest BCUT2D eigenvalue weighted by Crippen LogP contribution is -2.03. The third kappa shape index (κ3) is 2.63. The molecule has 2 rings (SSSR count). The average molecular weight is 221 g/mol. The van der Waals surface area contributed by atoms with Gasteiger partial charge in [0.2, 0.25) is 0 Å². The van der Waals surface area contributed by atoms with Crippen LogP contribution in [-0.4, -0.2) is 22.0 Å². The number of aromatic nitrogens is 3. The van der Waals surface area contributed by atoms with Crippen LogP contribution in [0.3, 0.4) is 0 Å². The third-order valence-electron chi connectivity index (χ3n) is 1.79. The minimum atomic E-state index is 0.680. The van der Waals surface area contributed by atoms with Crippen LogP contribution in [0, 0.1) is 0 Å². The molecule has 0 bridgehead atoms. The molecule has 0 saturated heterocycles. The van der Waals surface area contributed by atoms with Crippen molar-refractivity contribution in [3.05, 3.63) is 29.0 Å². The summed E-state index contributed by atoms with van der Waals surface area (Å²) in [5.41, 5.74) is 0. The smallest absolute Gasteiger partial charge is 0.147 e. The van der Waals surface area contributed by atoms with E-state index in [2.05, 4.69) is 25.6 Å². The van der Waals surface area contributed by atoms with Gasteiger partial charge in [-0.25, -0.2) is 9.97 Å². The second-order valence-electron chi connectivity index (χ2n) is 2.82. The van der Waals surface area contributed by atoms with Crippen molar-refractivity contribution in [3.8, 4) is 0 Å². The maximum absolute atomic E-state index is 4.28. The molecule has 78 valence electrons. The maximum atomic E-state index is 4.28. The predicted octanol–water partition coefficient (Wildman–Crippen LogP) is 1.59. The van der Waals surface area contributed by atoms with Crippen LogP contribution in [0.15, 0.2) is 24.0 Å². The summed E-state index contributed by atoms with van der Waals surface area (Å²) in [6.45, 7) is 0.680. The van der Waals surface area contributed by atoms with E-state index in [1.165, 1.54) is 0 Å². The summed E-state index contributed by atoms with van der Waals surface area (Å²) in [4.78, 5) is 12.5. The lowest BCUT2D eigenvalue weighted by Gasteiger charge is -2.04. The minimum absolute atomic E-state index is 0.680. The summed E-state index contributed by atoms with van der Waals surface area (Å²) in [5.74, 6) is 1.50. The van der Waals surface area contributed by atoms with E-state index >= 15 is 0 Å². The van der Waals surface area contributed by atoms with Gasteiger partial charge in [-0.1, -0.05) is 0 Å². The van der Waals surface area contributed by atoms with Crippen molar-refractivity contribution in [3.63, 3.8) is 0 Å². The number of nitrogens with zero attached hydrogens (tertiary/aromatic N) is 3. The zero-order chi connectivity index (χ0) is 10.5. The van der Waals surface area contributed by atoms with Gasteiger partial charge in [0, 0.05) is 18.6 Å². The summed E-state index contributed by atoms with van der Waals surface area (Å²) < 4.78 is 0. The van der Waals surface area contributed by atoms with Gasteiger partial charge in [-0.2, -0.15) is 0 Å². The van der Waals surface area contributed by atoms with Gasteiger partial charge < -0.3 is 10.6 Å². The largest absolute Gasteiger partial charge is 0.372 e. The van der Waals surface area contributed by atoms with Crippen LogP contribution >= 0.6 is 11.3 Å². The van der Waals surface area contributed by atoms with Crippen molar-refractivity contribution >= 4 is 23.0 Å². The van der Waals surface area contributed by atoms with Crippen LogP contribution < -0.4 is 10.6 Å². The van der Waals surface area contributed by atoms with Crippen LogP contribution in [0.2, 0.25) is 0 Å². The van der Waals surface area contributed by atoms with Crippen molar-refractivity contribution < 1.29 is 0 Å². The Labute approximate surface area is 91.6 Å². The Morgan fingerprint density at radius 2 is 2.20 bits per heavy atom. The zero-order valence-electron chi connectivity index (χ0n) is 8.27. The molecule has 0 amide bonds. The number of nitrogens with one attached hydrogen (secondary N) is 2. The molecular formula is C9H11N5S. The fourth-order valence-electron chi connectivity index (χ4n) is 1.08. The van der Waals surface area contributed by atoms with Gasteiger partial charge in [-0.15, -0.1) is 11.3 Å². The highest BCUT2D eigenvalue weighted by molar-refractivity contribution is 7.09. The SMILES string of the molecule is CNc1cncc(NCc2nccs2)n1. The van der Waals surface area contributed by atoms with Gasteiger partial charge in [0.05, 0.1) is 18.9 Å². The molecule has 6 heteroatoms. The first kappa shape index (κ1) is 9.85. The van der Waals surface area contributed by atoms with Crippen LogP contribution in [-0.2, 0) is 6.54 Å². The Balaban J connectivity index is 1.98. The molecule has 0 unspecified atom stereocenters. The van der Waals surface area contributed by atoms with Crippen LogP contribution in [0.4, 0.5) is 11.6 Å². The second-order valence-corrected chi connectivity index (χ2v) is 3.80. The number of hydrogen-bond acceptors (Lipinski definition) is 6. The fourth-order valence-corrected chi connectivity index (χ4v) is 1.63. The molecule has 0 saturated carbocycles. The van der Waals surface area contributed by atoms with Crippen molar-refractivity contribution in [2.75, 3.05) is 17.7 Å². The van der Waals surface area contributed by atoms with Crippen molar-refractivity contribution in [1.29, 1.82) is 0 Å². The molecule has 2 aromatic rings. The topological polar surface area (TPSA) is 62.7 Å². The Kier molecular flexibility index (Phi) is 3.08. The molecule has 0 fully saturated rings. The van der Waals surface area contributed by atoms with E-state index < -0.39 is 0 Å². The van der Waals surface area contributed by atoms with Crippen LogP contribution in [0.5, 0.6) is 0 Å². The van der Waals surface area contributed by atoms with E-state index in [1.54, 1.807) is 29.9 Å². The molecule has 0 radical (unpaired) electrons. The number of thiazole rings is 1. The van der Waals surface area contributed by atoms with E-state index in [1.807, 2.05) is 12.4 Å². The molecule has 2 N–H and O–H groups in total. The van der Waals surface area contributed by atoms with Gasteiger partial charge in [-0.05, 0) is 0 Å². The first-order valence-electron chi connectivity index (χ1n) is 4.50. The first-order chi connectivity index (χ1) is 7.38. The Morgan fingerprint density at radius 3 is 2.93 bits per heavy atom. The zero-order valence-corrected chi connectivity index (χ0v) is 9.08. The van der Waals surface area contributed by atoms with E-state index in [-0.39, 0.29) is 0 Å². The molecule has 5 nitrogen and oxygen atoms in total. The van der Waals surface area contributed by atoms with Gasteiger partial charge in [0.1, 0.15) is 16.6 Å². The van der Waals surface area contributed by atoms with Crippen LogP contribution in [0.25, 0.3) is 0 Å². The minimum Gasteiger partial charge on any atom is -0.372 e. The Morgan fingerprint density at radius 1 is 1.33 bits per heavy atom. The highest BCUT2D eigenvalue weighted by Crippen LogP contribution is 2.09. The Hall–Kier alpha value is -1.69. The van der Waals surface area contributed by atoms with Crippen molar-refractivity contribution in [2.45, 2.75) is 6.54 Å². The molecule has 0 aliphatic heterocycles. The van der Waals surface area contributed by atoms with Crippen molar-refractivity contribution in [2.24, 2.45) is 0 Å². The van der Waals surface area contributed by atoms with Crippen LogP contribution in [0.1, 0.15) is 5.01 Å². The summed E-state index contributed by atoms with van der Waals surface area (Å²) in [6.07, 6.45) is 5.15. The molecule has 0 spiro atoms. The second kappa shape index (κ2) is 4.70. The van der Waals surface area contributed by atoms with Gasteiger partial charge in [0.15, 0.2) is 0 Å². The molecular weight excluding hydrogens is 210 g/mol. The highest BCUT2D eigenvalue weighted by atomic mass is 32.1. The molecule has 2 aromatic heterocycles. The standard InChI is InChI=1S/C9H11N5S/c1-10-7-4-11-5-8(14-7)13-6-9-12-2-3-15-9/h2-5H,6H2,1H3,(H2,10,13,14). The number of rotatable bonds is 4. The van der Waals surface area contributed by atoms with E-state index in [9.17, 15) is 0 Å². The maximum Gasteiger partial charge on any atom is 0.147 e. The van der Waals surface area contributed by atoms with Gasteiger partial charge in [0.25, 0.3) is 0 Å². The first-order valence-corrected chi connectivity index (χ1v) is 5.38. The third-order valence-corrected chi connectivity index (χ3v) is 2.57. The monoisotopic (exact) mass is 221 g/mol. The number of hydrogen-bond donors (Lipinski definition) is 2. The molecule has 0 aromatic carbocycles. The lowest BCUT2D eigenvalue weighted by atomic mass is 10.5.